The number of nitrogens with one attached hydrogen (secondary N) is 1. The standard InChI is InChI=1S/C9H15N3/c1-5(2)8-6(3)11-9(10)12-7(8)4/h5H,1-4H3,(H2,10,11,12)/p+1. The Morgan fingerprint density at radius 1 is 1.33 bits per heavy atom. The monoisotopic (exact) mass is 166 g/mol. The maximum atomic E-state index is 5.56. The second kappa shape index (κ2) is 3.09. The average molecular weight is 166 g/mol. The molecule has 1 heterocycles. The molecule has 3 N–H and O–H groups in total. The van der Waals surface area contributed by atoms with Crippen LogP contribution in [-0.2, 0) is 0 Å². The second-order valence-electron chi connectivity index (χ2n) is 3.40. The van der Waals surface area contributed by atoms with E-state index in [1.807, 2.05) is 13.8 Å². The zero-order valence-electron chi connectivity index (χ0n) is 8.10. The van der Waals surface area contributed by atoms with Gasteiger partial charge >= 0.3 is 5.95 Å². The second-order valence-corrected chi connectivity index (χ2v) is 3.40. The summed E-state index contributed by atoms with van der Waals surface area (Å²) >= 11 is 0. The van der Waals surface area contributed by atoms with Crippen LogP contribution >= 0.6 is 0 Å². The van der Waals surface area contributed by atoms with Gasteiger partial charge in [0.15, 0.2) is 0 Å². The number of anilines is 1. The molecule has 66 valence electrons. The Bertz CT molecular complexity index is 269. The van der Waals surface area contributed by atoms with E-state index in [1.54, 1.807) is 0 Å². The minimum absolute atomic E-state index is 0.495. The van der Waals surface area contributed by atoms with Crippen LogP contribution in [0.25, 0.3) is 0 Å². The van der Waals surface area contributed by atoms with Crippen LogP contribution in [0.1, 0.15) is 36.7 Å². The number of aryl methyl sites for hydroxylation is 2. The van der Waals surface area contributed by atoms with Crippen molar-refractivity contribution in [1.82, 2.24) is 4.98 Å². The fourth-order valence-corrected chi connectivity index (χ4v) is 1.65. The average Bonchev–Trinajstić information content (AvgIpc) is 1.82. The van der Waals surface area contributed by atoms with Gasteiger partial charge in [-0.2, -0.15) is 0 Å². The lowest BCUT2D eigenvalue weighted by Gasteiger charge is -2.07. The first-order chi connectivity index (χ1) is 5.52. The number of rotatable bonds is 1. The van der Waals surface area contributed by atoms with Crippen LogP contribution in [0, 0.1) is 13.8 Å². The molecule has 0 aliphatic rings. The summed E-state index contributed by atoms with van der Waals surface area (Å²) in [6, 6.07) is 0. The summed E-state index contributed by atoms with van der Waals surface area (Å²) in [6.07, 6.45) is 0. The normalized spacial score (nSPS) is 10.8. The van der Waals surface area contributed by atoms with Crippen molar-refractivity contribution in [2.75, 3.05) is 5.73 Å². The molecule has 0 atom stereocenters. The number of H-pyrrole nitrogens is 1. The van der Waals surface area contributed by atoms with Crippen LogP contribution in [0.5, 0.6) is 0 Å². The number of aromatic nitrogens is 2. The molecule has 0 radical (unpaired) electrons. The molecular weight excluding hydrogens is 150 g/mol. The third kappa shape index (κ3) is 1.55. The summed E-state index contributed by atoms with van der Waals surface area (Å²) in [5.74, 6) is 0.990. The van der Waals surface area contributed by atoms with Gasteiger partial charge in [-0.05, 0) is 19.8 Å². The quantitative estimate of drug-likeness (QED) is 0.682. The van der Waals surface area contributed by atoms with Crippen LogP contribution in [0.2, 0.25) is 0 Å². The summed E-state index contributed by atoms with van der Waals surface area (Å²) in [6.45, 7) is 8.33. The first-order valence-electron chi connectivity index (χ1n) is 4.18. The van der Waals surface area contributed by atoms with Crippen LogP contribution in [-0.4, -0.2) is 4.98 Å². The summed E-state index contributed by atoms with van der Waals surface area (Å²) in [5, 5.41) is 0. The molecular formula is C9H16N3+. The summed E-state index contributed by atoms with van der Waals surface area (Å²) in [4.78, 5) is 7.21. The predicted molar refractivity (Wildman–Crippen MR) is 48.8 cm³/mol. The van der Waals surface area contributed by atoms with E-state index in [4.69, 9.17) is 5.73 Å². The molecule has 1 aromatic heterocycles. The number of hydrogen-bond acceptors (Lipinski definition) is 2. The van der Waals surface area contributed by atoms with Crippen molar-refractivity contribution in [1.29, 1.82) is 0 Å². The highest BCUT2D eigenvalue weighted by Crippen LogP contribution is 2.18. The van der Waals surface area contributed by atoms with Gasteiger partial charge < -0.3 is 0 Å². The van der Waals surface area contributed by atoms with Crippen molar-refractivity contribution >= 4 is 5.95 Å². The molecule has 1 aromatic rings. The zero-order chi connectivity index (χ0) is 9.30. The van der Waals surface area contributed by atoms with Crippen LogP contribution < -0.4 is 10.7 Å². The first kappa shape index (κ1) is 8.97. The maximum absolute atomic E-state index is 5.56. The van der Waals surface area contributed by atoms with Crippen molar-refractivity contribution < 1.29 is 4.98 Å². The van der Waals surface area contributed by atoms with E-state index in [1.165, 1.54) is 5.56 Å². The molecule has 0 aliphatic heterocycles. The van der Waals surface area contributed by atoms with E-state index in [2.05, 4.69) is 23.8 Å². The topological polar surface area (TPSA) is 53.0 Å². The Kier molecular flexibility index (Phi) is 2.31. The van der Waals surface area contributed by atoms with Crippen molar-refractivity contribution in [3.05, 3.63) is 17.0 Å². The summed E-state index contributed by atoms with van der Waals surface area (Å²) in [7, 11) is 0. The summed E-state index contributed by atoms with van der Waals surface area (Å²) in [5.41, 5.74) is 8.98. The lowest BCUT2D eigenvalue weighted by Crippen LogP contribution is -2.20. The molecule has 0 saturated heterocycles. The number of hydrogen-bond donors (Lipinski definition) is 1. The molecule has 0 aliphatic carbocycles. The molecule has 3 heteroatoms. The number of nitrogens with zero attached hydrogens (tertiary/aromatic N) is 1. The van der Waals surface area contributed by atoms with Gasteiger partial charge in [0.05, 0.1) is 5.69 Å². The van der Waals surface area contributed by atoms with Gasteiger partial charge in [-0.15, -0.1) is 0 Å². The molecule has 0 aromatic carbocycles. The lowest BCUT2D eigenvalue weighted by atomic mass is 10.0. The minimum atomic E-state index is 0.495. The number of nitrogens with two attached hydrogens (primary N) is 1. The molecule has 12 heavy (non-hydrogen) atoms. The SMILES string of the molecule is Cc1nc(N)[nH+]c(C)c1C(C)C. The largest absolute Gasteiger partial charge is 0.387 e. The van der Waals surface area contributed by atoms with Crippen LogP contribution in [0.3, 0.4) is 0 Å². The highest BCUT2D eigenvalue weighted by Gasteiger charge is 2.13. The third-order valence-electron chi connectivity index (χ3n) is 1.97. The van der Waals surface area contributed by atoms with Gasteiger partial charge in [0.2, 0.25) is 0 Å². The van der Waals surface area contributed by atoms with E-state index in [0.717, 1.165) is 11.4 Å². The molecule has 0 unspecified atom stereocenters. The van der Waals surface area contributed by atoms with E-state index in [0.29, 0.717) is 11.9 Å². The fraction of sp³-hybridized carbons (Fsp3) is 0.556. The van der Waals surface area contributed by atoms with Gasteiger partial charge in [-0.3, -0.25) is 5.73 Å². The van der Waals surface area contributed by atoms with Crippen molar-refractivity contribution in [2.24, 2.45) is 0 Å². The third-order valence-corrected chi connectivity index (χ3v) is 1.97. The Balaban J connectivity index is 3.28. The fourth-order valence-electron chi connectivity index (χ4n) is 1.65. The van der Waals surface area contributed by atoms with Crippen molar-refractivity contribution in [3.8, 4) is 0 Å². The predicted octanol–water partition coefficient (Wildman–Crippen LogP) is 1.22. The first-order valence-corrected chi connectivity index (χ1v) is 4.18. The summed E-state index contributed by atoms with van der Waals surface area (Å²) < 4.78 is 0. The van der Waals surface area contributed by atoms with Crippen LogP contribution in [0.15, 0.2) is 0 Å². The molecule has 0 saturated carbocycles. The lowest BCUT2D eigenvalue weighted by molar-refractivity contribution is -0.375. The molecule has 1 rings (SSSR count). The highest BCUT2D eigenvalue weighted by atomic mass is 15.0. The van der Waals surface area contributed by atoms with Crippen molar-refractivity contribution in [3.63, 3.8) is 0 Å². The van der Waals surface area contributed by atoms with E-state index in [9.17, 15) is 0 Å². The molecule has 0 fully saturated rings. The van der Waals surface area contributed by atoms with Gasteiger partial charge in [-0.1, -0.05) is 18.8 Å². The molecule has 0 amide bonds. The molecule has 0 bridgehead atoms. The highest BCUT2D eigenvalue weighted by molar-refractivity contribution is 5.26. The maximum Gasteiger partial charge on any atom is 0.387 e. The van der Waals surface area contributed by atoms with Gasteiger partial charge in [0, 0.05) is 5.56 Å². The van der Waals surface area contributed by atoms with Crippen molar-refractivity contribution in [2.45, 2.75) is 33.6 Å². The molecule has 3 nitrogen and oxygen atoms in total. The number of aromatic amines is 1. The Morgan fingerprint density at radius 3 is 2.33 bits per heavy atom. The Labute approximate surface area is 73.0 Å². The Hall–Kier alpha value is -1.12. The van der Waals surface area contributed by atoms with E-state index in [-0.39, 0.29) is 0 Å². The van der Waals surface area contributed by atoms with E-state index < -0.39 is 0 Å². The van der Waals surface area contributed by atoms with Crippen LogP contribution in [0.4, 0.5) is 5.95 Å². The van der Waals surface area contributed by atoms with Gasteiger partial charge in [-0.25, -0.2) is 4.98 Å². The van der Waals surface area contributed by atoms with Gasteiger partial charge in [0.1, 0.15) is 5.69 Å². The van der Waals surface area contributed by atoms with Gasteiger partial charge in [0.25, 0.3) is 0 Å². The smallest absolute Gasteiger partial charge is 0.287 e. The Morgan fingerprint density at radius 2 is 1.92 bits per heavy atom. The number of nitrogen functional groups attached to an aromatic ring is 1. The zero-order valence-corrected chi connectivity index (χ0v) is 8.10. The van der Waals surface area contributed by atoms with E-state index >= 15 is 0 Å². The molecule has 0 spiro atoms. The minimum Gasteiger partial charge on any atom is -0.287 e.